The molecule has 5 rings (SSSR count). The molecule has 4 heterocycles. The van der Waals surface area contributed by atoms with Crippen LogP contribution in [0.2, 0.25) is 5.15 Å². The number of pyridine rings is 1. The summed E-state index contributed by atoms with van der Waals surface area (Å²) in [4.78, 5) is 19.8. The number of allylic oxidation sites excluding steroid dienone is 2. The van der Waals surface area contributed by atoms with Crippen molar-refractivity contribution in [1.82, 2.24) is 14.3 Å². The Morgan fingerprint density at radius 3 is 2.74 bits per heavy atom. The first-order valence-electron chi connectivity index (χ1n) is 9.83. The molecular weight excluding hydrogens is 447 g/mol. The van der Waals surface area contributed by atoms with E-state index in [-0.39, 0.29) is 16.5 Å². The number of imidazole rings is 1. The van der Waals surface area contributed by atoms with Crippen LogP contribution in [0.3, 0.4) is 0 Å². The maximum atomic E-state index is 13.8. The van der Waals surface area contributed by atoms with Crippen LogP contribution in [0, 0.1) is 0 Å². The first-order chi connectivity index (χ1) is 14.8. The lowest BCUT2D eigenvalue weighted by Gasteiger charge is -2.15. The number of thiophene rings is 1. The summed E-state index contributed by atoms with van der Waals surface area (Å²) in [5.41, 5.74) is 0.916. The normalized spacial score (nSPS) is 16.8. The van der Waals surface area contributed by atoms with Crippen LogP contribution >= 0.6 is 22.9 Å². The number of rotatable bonds is 3. The van der Waals surface area contributed by atoms with Crippen molar-refractivity contribution in [3.05, 3.63) is 68.8 Å². The summed E-state index contributed by atoms with van der Waals surface area (Å²) in [5, 5.41) is 1.85. The van der Waals surface area contributed by atoms with E-state index in [0.717, 1.165) is 34.9 Å². The third kappa shape index (κ3) is 3.57. The van der Waals surface area contributed by atoms with E-state index in [1.165, 1.54) is 9.30 Å². The molecule has 4 nitrogen and oxygen atoms in total. The van der Waals surface area contributed by atoms with Crippen molar-refractivity contribution in [2.45, 2.75) is 25.4 Å². The zero-order valence-corrected chi connectivity index (χ0v) is 17.8. The highest BCUT2D eigenvalue weighted by Crippen LogP contribution is 2.38. The molecule has 0 saturated heterocycles. The SMILES string of the molecule is O=C(c1nc2c(C(F)(F)F)cc(C3=CCCC3)cn2c1Cl)N1CC=C(c2cccs2)C1. The van der Waals surface area contributed by atoms with Crippen molar-refractivity contribution in [1.29, 1.82) is 0 Å². The Balaban J connectivity index is 1.54. The molecule has 1 amide bonds. The minimum Gasteiger partial charge on any atom is -0.329 e. The van der Waals surface area contributed by atoms with Gasteiger partial charge >= 0.3 is 6.18 Å². The number of carbonyl (C=O) groups is 1. The molecule has 0 atom stereocenters. The molecule has 0 fully saturated rings. The van der Waals surface area contributed by atoms with Crippen LogP contribution in [0.5, 0.6) is 0 Å². The van der Waals surface area contributed by atoms with E-state index in [0.29, 0.717) is 25.1 Å². The Labute approximate surface area is 185 Å². The average molecular weight is 464 g/mol. The molecule has 0 N–H and O–H groups in total. The zero-order chi connectivity index (χ0) is 21.8. The van der Waals surface area contributed by atoms with Crippen molar-refractivity contribution in [3.8, 4) is 0 Å². The molecule has 160 valence electrons. The van der Waals surface area contributed by atoms with Gasteiger partial charge in [-0.3, -0.25) is 9.20 Å². The van der Waals surface area contributed by atoms with Gasteiger partial charge in [-0.2, -0.15) is 13.2 Å². The minimum atomic E-state index is -4.62. The third-order valence-corrected chi connectivity index (χ3v) is 6.93. The fourth-order valence-corrected chi connectivity index (χ4v) is 5.08. The number of amides is 1. The second-order valence-corrected chi connectivity index (χ2v) is 8.90. The molecule has 0 aromatic carbocycles. The predicted molar refractivity (Wildman–Crippen MR) is 115 cm³/mol. The number of halogens is 4. The second-order valence-electron chi connectivity index (χ2n) is 7.60. The predicted octanol–water partition coefficient (Wildman–Crippen LogP) is 6.17. The number of alkyl halides is 3. The van der Waals surface area contributed by atoms with Crippen LogP contribution in [-0.2, 0) is 6.18 Å². The van der Waals surface area contributed by atoms with Gasteiger partial charge < -0.3 is 4.90 Å². The molecule has 9 heteroatoms. The summed E-state index contributed by atoms with van der Waals surface area (Å²) in [5.74, 6) is -0.480. The van der Waals surface area contributed by atoms with Crippen LogP contribution in [0.1, 0.15) is 45.8 Å². The molecule has 1 aliphatic heterocycles. The van der Waals surface area contributed by atoms with Gasteiger partial charge in [0.1, 0.15) is 5.15 Å². The fourth-order valence-electron chi connectivity index (χ4n) is 4.07. The molecule has 1 aliphatic carbocycles. The summed E-state index contributed by atoms with van der Waals surface area (Å²) in [6.07, 6.45) is 3.28. The molecule has 31 heavy (non-hydrogen) atoms. The lowest BCUT2D eigenvalue weighted by atomic mass is 10.1. The number of hydrogen-bond donors (Lipinski definition) is 0. The molecule has 0 bridgehead atoms. The van der Waals surface area contributed by atoms with Gasteiger partial charge in [-0.25, -0.2) is 4.98 Å². The Hall–Kier alpha value is -2.58. The van der Waals surface area contributed by atoms with Gasteiger partial charge in [0.2, 0.25) is 0 Å². The van der Waals surface area contributed by atoms with Crippen molar-refractivity contribution < 1.29 is 18.0 Å². The van der Waals surface area contributed by atoms with Gasteiger partial charge in [0, 0.05) is 24.2 Å². The van der Waals surface area contributed by atoms with Crippen molar-refractivity contribution in [3.63, 3.8) is 0 Å². The molecule has 2 aliphatic rings. The maximum absolute atomic E-state index is 13.8. The molecule has 0 spiro atoms. The van der Waals surface area contributed by atoms with E-state index in [1.807, 2.05) is 29.7 Å². The van der Waals surface area contributed by atoms with Gasteiger partial charge in [-0.15, -0.1) is 11.3 Å². The zero-order valence-electron chi connectivity index (χ0n) is 16.2. The fraction of sp³-hybridized carbons (Fsp3) is 0.273. The van der Waals surface area contributed by atoms with E-state index in [4.69, 9.17) is 11.6 Å². The number of hydrogen-bond acceptors (Lipinski definition) is 3. The van der Waals surface area contributed by atoms with Gasteiger partial charge in [0.05, 0.1) is 5.56 Å². The topological polar surface area (TPSA) is 37.6 Å². The first-order valence-corrected chi connectivity index (χ1v) is 11.1. The van der Waals surface area contributed by atoms with Crippen LogP contribution in [0.25, 0.3) is 16.8 Å². The first kappa shape index (κ1) is 20.3. The van der Waals surface area contributed by atoms with E-state index >= 15 is 0 Å². The molecular formula is C22H17ClF3N3OS. The van der Waals surface area contributed by atoms with Gasteiger partial charge in [-0.1, -0.05) is 29.8 Å². The second kappa shape index (κ2) is 7.53. The smallest absolute Gasteiger partial charge is 0.329 e. The lowest BCUT2D eigenvalue weighted by molar-refractivity contribution is -0.136. The quantitative estimate of drug-likeness (QED) is 0.465. The van der Waals surface area contributed by atoms with E-state index < -0.39 is 17.6 Å². The minimum absolute atomic E-state index is 0.101. The van der Waals surface area contributed by atoms with Gasteiger partial charge in [0.25, 0.3) is 5.91 Å². The van der Waals surface area contributed by atoms with Gasteiger partial charge in [0.15, 0.2) is 11.3 Å². The maximum Gasteiger partial charge on any atom is 0.420 e. The summed E-state index contributed by atoms with van der Waals surface area (Å²) < 4.78 is 42.6. The number of nitrogens with zero attached hydrogens (tertiary/aromatic N) is 3. The highest BCUT2D eigenvalue weighted by molar-refractivity contribution is 7.11. The number of aromatic nitrogens is 2. The Kier molecular flexibility index (Phi) is 4.94. The van der Waals surface area contributed by atoms with Crippen molar-refractivity contribution in [2.75, 3.05) is 13.1 Å². The van der Waals surface area contributed by atoms with Gasteiger partial charge in [-0.05, 0) is 53.5 Å². The largest absolute Gasteiger partial charge is 0.420 e. The highest BCUT2D eigenvalue weighted by Gasteiger charge is 2.37. The average Bonchev–Trinajstić information content (AvgIpc) is 3.53. The van der Waals surface area contributed by atoms with Crippen molar-refractivity contribution in [2.24, 2.45) is 0 Å². The highest BCUT2D eigenvalue weighted by atomic mass is 35.5. The molecule has 0 radical (unpaired) electrons. The van der Waals surface area contributed by atoms with Crippen LogP contribution < -0.4 is 0 Å². The lowest BCUT2D eigenvalue weighted by Crippen LogP contribution is -2.29. The number of carbonyl (C=O) groups excluding carboxylic acids is 1. The Bertz CT molecular complexity index is 1240. The molecule has 3 aromatic heterocycles. The van der Waals surface area contributed by atoms with Crippen molar-refractivity contribution >= 4 is 45.6 Å². The van der Waals surface area contributed by atoms with E-state index in [9.17, 15) is 18.0 Å². The Morgan fingerprint density at radius 1 is 1.23 bits per heavy atom. The molecule has 3 aromatic rings. The van der Waals surface area contributed by atoms with E-state index in [2.05, 4.69) is 4.98 Å². The standard InChI is InChI=1S/C22H17ClF3N3OS/c23-19-18(21(30)28-8-7-14(11-28)17-6-3-9-31-17)27-20-16(22(24,25)26)10-15(12-29(19)20)13-4-1-2-5-13/h3-4,6-7,9-10,12H,1-2,5,8,11H2. The number of fused-ring (bicyclic) bond motifs is 1. The van der Waals surface area contributed by atoms with Crippen LogP contribution in [-0.4, -0.2) is 33.3 Å². The van der Waals surface area contributed by atoms with Crippen LogP contribution in [0.4, 0.5) is 13.2 Å². The summed E-state index contributed by atoms with van der Waals surface area (Å²) >= 11 is 7.99. The third-order valence-electron chi connectivity index (χ3n) is 5.63. The molecule has 0 unspecified atom stereocenters. The van der Waals surface area contributed by atoms with E-state index in [1.54, 1.807) is 17.5 Å². The molecule has 0 saturated carbocycles. The Morgan fingerprint density at radius 2 is 2.06 bits per heavy atom. The summed E-state index contributed by atoms with van der Waals surface area (Å²) in [6.45, 7) is 0.730. The monoisotopic (exact) mass is 463 g/mol. The summed E-state index contributed by atoms with van der Waals surface area (Å²) in [7, 11) is 0. The van der Waals surface area contributed by atoms with Crippen LogP contribution in [0.15, 0.2) is 41.9 Å². The summed E-state index contributed by atoms with van der Waals surface area (Å²) in [6, 6.07) is 5.01.